The number of hydrogen-bond donors (Lipinski definition) is 2. The Morgan fingerprint density at radius 1 is 1.47 bits per heavy atom. The lowest BCUT2D eigenvalue weighted by atomic mass is 10.1. The molecule has 0 aliphatic heterocycles. The maximum Gasteiger partial charge on any atom is 0.433 e. The molecule has 0 bridgehead atoms. The molecule has 4 nitrogen and oxygen atoms in total. The van der Waals surface area contributed by atoms with Gasteiger partial charge in [-0.05, 0) is 25.0 Å². The minimum atomic E-state index is -4.55. The molecule has 0 fully saturated rings. The average molecular weight is 273 g/mol. The van der Waals surface area contributed by atoms with Crippen LogP contribution in [0.25, 0.3) is 0 Å². The van der Waals surface area contributed by atoms with Gasteiger partial charge in [0.05, 0.1) is 5.56 Å². The van der Waals surface area contributed by atoms with Crippen LogP contribution < -0.4 is 5.32 Å². The van der Waals surface area contributed by atoms with Gasteiger partial charge in [0.1, 0.15) is 17.6 Å². The molecule has 2 N–H and O–H groups in total. The lowest BCUT2D eigenvalue weighted by Crippen LogP contribution is -2.22. The molecule has 1 atom stereocenters. The zero-order chi connectivity index (χ0) is 14.5. The van der Waals surface area contributed by atoms with Crippen LogP contribution in [0.1, 0.15) is 31.0 Å². The summed E-state index contributed by atoms with van der Waals surface area (Å²) in [6, 6.07) is 3.42. The van der Waals surface area contributed by atoms with Crippen LogP contribution in [0.2, 0.25) is 0 Å². The van der Waals surface area contributed by atoms with E-state index < -0.39 is 11.9 Å². The number of alkyl halides is 3. The minimum absolute atomic E-state index is 0.0457. The highest BCUT2D eigenvalue weighted by atomic mass is 19.4. The summed E-state index contributed by atoms with van der Waals surface area (Å²) < 4.78 is 37.7. The van der Waals surface area contributed by atoms with Crippen molar-refractivity contribution in [2.75, 3.05) is 11.9 Å². The molecule has 19 heavy (non-hydrogen) atoms. The smallest absolute Gasteiger partial charge is 0.396 e. The van der Waals surface area contributed by atoms with Crippen molar-refractivity contribution in [2.24, 2.45) is 0 Å². The number of aliphatic hydroxyl groups excluding tert-OH is 1. The Bertz CT molecular complexity index is 468. The van der Waals surface area contributed by atoms with Gasteiger partial charge in [0, 0.05) is 12.6 Å². The Kier molecular flexibility index (Phi) is 5.12. The Hall–Kier alpha value is -1.81. The summed E-state index contributed by atoms with van der Waals surface area (Å²) >= 11 is 0. The Morgan fingerprint density at radius 3 is 2.63 bits per heavy atom. The molecule has 0 spiro atoms. The number of nitrogens with zero attached hydrogens (tertiary/aromatic N) is 2. The molecule has 104 valence electrons. The summed E-state index contributed by atoms with van der Waals surface area (Å²) in [5.41, 5.74) is -1.00. The first-order valence-electron chi connectivity index (χ1n) is 5.78. The van der Waals surface area contributed by atoms with E-state index in [1.54, 1.807) is 6.07 Å². The van der Waals surface area contributed by atoms with Gasteiger partial charge in [0.15, 0.2) is 0 Å². The normalized spacial score (nSPS) is 12.8. The summed E-state index contributed by atoms with van der Waals surface area (Å²) in [4.78, 5) is 3.44. The second kappa shape index (κ2) is 6.38. The van der Waals surface area contributed by atoms with Gasteiger partial charge in [-0.25, -0.2) is 4.98 Å². The standard InChI is InChI=1S/C12H14F3N3O/c1-2-9(5-6-19)17-11-8(7-16)3-4-10(18-11)12(13,14)15/h3-4,9,19H,2,5-6H2,1H3,(H,17,18). The summed E-state index contributed by atoms with van der Waals surface area (Å²) in [6.07, 6.45) is -3.58. The molecular weight excluding hydrogens is 259 g/mol. The molecule has 0 aliphatic rings. The van der Waals surface area contributed by atoms with E-state index in [1.807, 2.05) is 6.92 Å². The van der Waals surface area contributed by atoms with Gasteiger partial charge in [-0.2, -0.15) is 18.4 Å². The van der Waals surface area contributed by atoms with Crippen molar-refractivity contribution >= 4 is 5.82 Å². The van der Waals surface area contributed by atoms with Crippen molar-refractivity contribution in [3.8, 4) is 6.07 Å². The van der Waals surface area contributed by atoms with Crippen molar-refractivity contribution < 1.29 is 18.3 Å². The fraction of sp³-hybridized carbons (Fsp3) is 0.500. The van der Waals surface area contributed by atoms with E-state index in [0.29, 0.717) is 12.8 Å². The Balaban J connectivity index is 3.06. The molecule has 1 aromatic rings. The van der Waals surface area contributed by atoms with Gasteiger partial charge in [-0.3, -0.25) is 0 Å². The Labute approximate surface area is 108 Å². The number of pyridine rings is 1. The zero-order valence-corrected chi connectivity index (χ0v) is 10.3. The lowest BCUT2D eigenvalue weighted by molar-refractivity contribution is -0.141. The fourth-order valence-electron chi connectivity index (χ4n) is 1.54. The molecule has 0 amide bonds. The first-order valence-corrected chi connectivity index (χ1v) is 5.78. The lowest BCUT2D eigenvalue weighted by Gasteiger charge is -2.18. The molecule has 7 heteroatoms. The highest BCUT2D eigenvalue weighted by Gasteiger charge is 2.33. The Morgan fingerprint density at radius 2 is 2.16 bits per heavy atom. The van der Waals surface area contributed by atoms with E-state index in [0.717, 1.165) is 12.1 Å². The fourth-order valence-corrected chi connectivity index (χ4v) is 1.54. The van der Waals surface area contributed by atoms with Crippen LogP contribution in [-0.4, -0.2) is 22.7 Å². The molecular formula is C12H14F3N3O. The van der Waals surface area contributed by atoms with Crippen LogP contribution in [0.4, 0.5) is 19.0 Å². The molecule has 1 rings (SSSR count). The van der Waals surface area contributed by atoms with Gasteiger partial charge < -0.3 is 10.4 Å². The third kappa shape index (κ3) is 4.10. The highest BCUT2D eigenvalue weighted by Crippen LogP contribution is 2.29. The van der Waals surface area contributed by atoms with E-state index in [9.17, 15) is 13.2 Å². The third-order valence-corrected chi connectivity index (χ3v) is 2.62. The molecule has 1 unspecified atom stereocenters. The first-order chi connectivity index (χ1) is 8.92. The molecule has 0 saturated carbocycles. The van der Waals surface area contributed by atoms with E-state index in [1.165, 1.54) is 0 Å². The van der Waals surface area contributed by atoms with Crippen molar-refractivity contribution in [1.29, 1.82) is 5.26 Å². The second-order valence-corrected chi connectivity index (χ2v) is 3.96. The largest absolute Gasteiger partial charge is 0.433 e. The monoisotopic (exact) mass is 273 g/mol. The molecule has 0 aliphatic carbocycles. The van der Waals surface area contributed by atoms with E-state index in [-0.39, 0.29) is 24.0 Å². The summed E-state index contributed by atoms with van der Waals surface area (Å²) in [5.74, 6) is -0.0994. The number of nitriles is 1. The maximum absolute atomic E-state index is 12.6. The van der Waals surface area contributed by atoms with Crippen molar-refractivity contribution in [3.05, 3.63) is 23.4 Å². The molecule has 0 aromatic carbocycles. The number of halogens is 3. The van der Waals surface area contributed by atoms with E-state index in [2.05, 4.69) is 10.3 Å². The number of nitrogens with one attached hydrogen (secondary N) is 1. The van der Waals surface area contributed by atoms with Gasteiger partial charge in [0.2, 0.25) is 0 Å². The number of hydrogen-bond acceptors (Lipinski definition) is 4. The van der Waals surface area contributed by atoms with Gasteiger partial charge in [0.25, 0.3) is 0 Å². The number of anilines is 1. The van der Waals surface area contributed by atoms with Crippen LogP contribution in [0.15, 0.2) is 12.1 Å². The summed E-state index contributed by atoms with van der Waals surface area (Å²) in [5, 5.41) is 20.5. The topological polar surface area (TPSA) is 68.9 Å². The second-order valence-electron chi connectivity index (χ2n) is 3.96. The summed E-state index contributed by atoms with van der Waals surface area (Å²) in [7, 11) is 0. The first kappa shape index (κ1) is 15.2. The van der Waals surface area contributed by atoms with Crippen LogP contribution in [-0.2, 0) is 6.18 Å². The number of aromatic nitrogens is 1. The third-order valence-electron chi connectivity index (χ3n) is 2.62. The van der Waals surface area contributed by atoms with Gasteiger partial charge in [-0.15, -0.1) is 0 Å². The van der Waals surface area contributed by atoms with Crippen molar-refractivity contribution in [1.82, 2.24) is 4.98 Å². The SMILES string of the molecule is CCC(CCO)Nc1nc(C(F)(F)F)ccc1C#N. The predicted octanol–water partition coefficient (Wildman–Crippen LogP) is 2.54. The summed E-state index contributed by atoms with van der Waals surface area (Å²) in [6.45, 7) is 1.74. The van der Waals surface area contributed by atoms with Crippen LogP contribution in [0.3, 0.4) is 0 Å². The average Bonchev–Trinajstić information content (AvgIpc) is 2.37. The minimum Gasteiger partial charge on any atom is -0.396 e. The van der Waals surface area contributed by atoms with Crippen molar-refractivity contribution in [2.45, 2.75) is 32.0 Å². The number of aliphatic hydroxyl groups is 1. The van der Waals surface area contributed by atoms with E-state index in [4.69, 9.17) is 10.4 Å². The molecule has 1 heterocycles. The molecule has 0 saturated heterocycles. The maximum atomic E-state index is 12.6. The van der Waals surface area contributed by atoms with Crippen LogP contribution >= 0.6 is 0 Å². The van der Waals surface area contributed by atoms with E-state index >= 15 is 0 Å². The highest BCUT2D eigenvalue weighted by molar-refractivity contribution is 5.53. The molecule has 1 aromatic heterocycles. The predicted molar refractivity (Wildman–Crippen MR) is 63.4 cm³/mol. The molecule has 0 radical (unpaired) electrons. The number of rotatable bonds is 5. The zero-order valence-electron chi connectivity index (χ0n) is 10.3. The van der Waals surface area contributed by atoms with Crippen LogP contribution in [0, 0.1) is 11.3 Å². The van der Waals surface area contributed by atoms with Crippen LogP contribution in [0.5, 0.6) is 0 Å². The quantitative estimate of drug-likeness (QED) is 0.865. The van der Waals surface area contributed by atoms with Gasteiger partial charge in [-0.1, -0.05) is 6.92 Å². The van der Waals surface area contributed by atoms with Gasteiger partial charge >= 0.3 is 6.18 Å². The van der Waals surface area contributed by atoms with Crippen molar-refractivity contribution in [3.63, 3.8) is 0 Å².